The number of amides is 1. The predicted molar refractivity (Wildman–Crippen MR) is 105 cm³/mol. The average Bonchev–Trinajstić information content (AvgIpc) is 2.66. The van der Waals surface area contributed by atoms with E-state index in [1.54, 1.807) is 31.2 Å². The molecule has 0 unspecified atom stereocenters. The first kappa shape index (κ1) is 21.2. The number of carbonyl (C=O) groups excluding carboxylic acids is 1. The zero-order valence-electron chi connectivity index (χ0n) is 14.6. The Morgan fingerprint density at radius 1 is 1.26 bits per heavy atom. The molecule has 146 valence electrons. The molecule has 0 radical (unpaired) electrons. The molecule has 0 bridgehead atoms. The SMILES string of the molecule is C[C@@H](CO)Nc1ncc(Cl)c(NCC(=O)N[C@H](CO)c2cccc(Cl)c2)n1. The van der Waals surface area contributed by atoms with E-state index in [1.807, 2.05) is 0 Å². The lowest BCUT2D eigenvalue weighted by Gasteiger charge is -2.18. The van der Waals surface area contributed by atoms with Gasteiger partial charge in [0.15, 0.2) is 5.82 Å². The minimum atomic E-state index is -0.582. The number of rotatable bonds is 9. The number of aliphatic hydroxyl groups excluding tert-OH is 2. The maximum absolute atomic E-state index is 12.2. The maximum atomic E-state index is 12.2. The van der Waals surface area contributed by atoms with Crippen LogP contribution in [0.2, 0.25) is 10.0 Å². The molecule has 27 heavy (non-hydrogen) atoms. The lowest BCUT2D eigenvalue weighted by molar-refractivity contribution is -0.120. The number of aromatic nitrogens is 2. The van der Waals surface area contributed by atoms with Gasteiger partial charge < -0.3 is 26.2 Å². The summed E-state index contributed by atoms with van der Waals surface area (Å²) in [5.41, 5.74) is 0.697. The van der Waals surface area contributed by atoms with Crippen LogP contribution in [-0.4, -0.2) is 51.9 Å². The second kappa shape index (κ2) is 10.3. The summed E-state index contributed by atoms with van der Waals surface area (Å²) in [6, 6.07) is 6.09. The molecule has 0 saturated heterocycles. The first-order valence-electron chi connectivity index (χ1n) is 8.22. The van der Waals surface area contributed by atoms with Crippen molar-refractivity contribution in [2.45, 2.75) is 19.0 Å². The minimum Gasteiger partial charge on any atom is -0.394 e. The fraction of sp³-hybridized carbons (Fsp3) is 0.353. The van der Waals surface area contributed by atoms with Gasteiger partial charge in [0.2, 0.25) is 11.9 Å². The Morgan fingerprint density at radius 3 is 2.70 bits per heavy atom. The highest BCUT2D eigenvalue weighted by molar-refractivity contribution is 6.32. The monoisotopic (exact) mass is 413 g/mol. The van der Waals surface area contributed by atoms with E-state index in [4.69, 9.17) is 28.3 Å². The van der Waals surface area contributed by atoms with Gasteiger partial charge in [0.1, 0.15) is 5.02 Å². The van der Waals surface area contributed by atoms with Gasteiger partial charge in [-0.3, -0.25) is 4.79 Å². The Hall–Kier alpha value is -2.13. The molecule has 2 aromatic rings. The molecule has 2 atom stereocenters. The number of hydrogen-bond donors (Lipinski definition) is 5. The number of benzene rings is 1. The Labute approximate surface area is 166 Å². The Morgan fingerprint density at radius 2 is 2.04 bits per heavy atom. The molecule has 0 spiro atoms. The fourth-order valence-corrected chi connectivity index (χ4v) is 2.55. The van der Waals surface area contributed by atoms with Crippen LogP contribution in [0.3, 0.4) is 0 Å². The maximum Gasteiger partial charge on any atom is 0.239 e. The van der Waals surface area contributed by atoms with Crippen LogP contribution < -0.4 is 16.0 Å². The minimum absolute atomic E-state index is 0.0802. The van der Waals surface area contributed by atoms with Crippen LogP contribution in [0.5, 0.6) is 0 Å². The molecule has 8 nitrogen and oxygen atoms in total. The number of aliphatic hydroxyl groups is 2. The third-order valence-corrected chi connectivity index (χ3v) is 4.09. The van der Waals surface area contributed by atoms with E-state index >= 15 is 0 Å². The van der Waals surface area contributed by atoms with Gasteiger partial charge in [0, 0.05) is 11.1 Å². The van der Waals surface area contributed by atoms with Gasteiger partial charge in [-0.2, -0.15) is 4.98 Å². The van der Waals surface area contributed by atoms with Crippen molar-refractivity contribution in [2.24, 2.45) is 0 Å². The van der Waals surface area contributed by atoms with E-state index in [1.165, 1.54) is 6.20 Å². The molecule has 0 saturated carbocycles. The Bertz CT molecular complexity index is 778. The molecule has 0 fully saturated rings. The molecule has 1 heterocycles. The van der Waals surface area contributed by atoms with E-state index in [2.05, 4.69) is 25.9 Å². The number of nitrogens with zero attached hydrogens (tertiary/aromatic N) is 2. The van der Waals surface area contributed by atoms with Crippen molar-refractivity contribution in [2.75, 3.05) is 30.4 Å². The first-order chi connectivity index (χ1) is 12.9. The van der Waals surface area contributed by atoms with Crippen molar-refractivity contribution in [3.05, 3.63) is 46.1 Å². The van der Waals surface area contributed by atoms with Crippen LogP contribution in [0, 0.1) is 0 Å². The van der Waals surface area contributed by atoms with Crippen molar-refractivity contribution < 1.29 is 15.0 Å². The molecular formula is C17H21Cl2N5O3. The normalized spacial score (nSPS) is 12.9. The Kier molecular flexibility index (Phi) is 8.05. The third kappa shape index (κ3) is 6.51. The summed E-state index contributed by atoms with van der Waals surface area (Å²) < 4.78 is 0. The van der Waals surface area contributed by atoms with Crippen LogP contribution in [-0.2, 0) is 4.79 Å². The zero-order chi connectivity index (χ0) is 19.8. The standard InChI is InChI=1S/C17H21Cl2N5O3/c1-10(8-25)22-17-21-6-13(19)16(24-17)20-7-15(27)23-14(9-26)11-3-2-4-12(18)5-11/h2-6,10,14,25-26H,7-9H2,1H3,(H,23,27)(H2,20,21,22,24)/t10-,14+/m0/s1. The average molecular weight is 414 g/mol. The Balaban J connectivity index is 1.97. The van der Waals surface area contributed by atoms with Gasteiger partial charge in [0.05, 0.1) is 32.0 Å². The third-order valence-electron chi connectivity index (χ3n) is 3.58. The molecule has 0 aliphatic rings. The highest BCUT2D eigenvalue weighted by atomic mass is 35.5. The van der Waals surface area contributed by atoms with Crippen molar-refractivity contribution in [3.63, 3.8) is 0 Å². The van der Waals surface area contributed by atoms with E-state index in [0.717, 1.165) is 0 Å². The largest absolute Gasteiger partial charge is 0.394 e. The highest BCUT2D eigenvalue weighted by Gasteiger charge is 2.15. The smallest absolute Gasteiger partial charge is 0.239 e. The number of nitrogens with one attached hydrogen (secondary N) is 3. The predicted octanol–water partition coefficient (Wildman–Crippen LogP) is 1.84. The molecule has 1 aromatic carbocycles. The zero-order valence-corrected chi connectivity index (χ0v) is 16.1. The lowest BCUT2D eigenvalue weighted by atomic mass is 10.1. The molecule has 0 aliphatic heterocycles. The summed E-state index contributed by atoms with van der Waals surface area (Å²) in [5.74, 6) is 0.190. The number of carbonyl (C=O) groups is 1. The second-order valence-corrected chi connectivity index (χ2v) is 6.67. The van der Waals surface area contributed by atoms with Crippen molar-refractivity contribution in [1.29, 1.82) is 0 Å². The summed E-state index contributed by atoms with van der Waals surface area (Å²) >= 11 is 12.0. The van der Waals surface area contributed by atoms with Gasteiger partial charge in [-0.05, 0) is 24.6 Å². The molecule has 1 aromatic heterocycles. The fourth-order valence-electron chi connectivity index (χ4n) is 2.19. The summed E-state index contributed by atoms with van der Waals surface area (Å²) in [6.45, 7) is 1.31. The molecule has 2 rings (SSSR count). The van der Waals surface area contributed by atoms with Gasteiger partial charge >= 0.3 is 0 Å². The lowest BCUT2D eigenvalue weighted by Crippen LogP contribution is -2.35. The molecule has 1 amide bonds. The quantitative estimate of drug-likeness (QED) is 0.425. The molecular weight excluding hydrogens is 393 g/mol. The first-order valence-corrected chi connectivity index (χ1v) is 8.98. The van der Waals surface area contributed by atoms with E-state index in [0.29, 0.717) is 10.6 Å². The van der Waals surface area contributed by atoms with Crippen LogP contribution in [0.4, 0.5) is 11.8 Å². The van der Waals surface area contributed by atoms with Gasteiger partial charge in [-0.25, -0.2) is 4.98 Å². The highest BCUT2D eigenvalue weighted by Crippen LogP contribution is 2.20. The van der Waals surface area contributed by atoms with Gasteiger partial charge in [-0.15, -0.1) is 0 Å². The number of halogens is 2. The van der Waals surface area contributed by atoms with Gasteiger partial charge in [-0.1, -0.05) is 35.3 Å². The van der Waals surface area contributed by atoms with Gasteiger partial charge in [0.25, 0.3) is 0 Å². The second-order valence-electron chi connectivity index (χ2n) is 5.83. The van der Waals surface area contributed by atoms with E-state index in [9.17, 15) is 9.90 Å². The topological polar surface area (TPSA) is 119 Å². The van der Waals surface area contributed by atoms with Crippen molar-refractivity contribution in [3.8, 4) is 0 Å². The van der Waals surface area contributed by atoms with Crippen LogP contribution in [0.1, 0.15) is 18.5 Å². The van der Waals surface area contributed by atoms with E-state index in [-0.39, 0.29) is 48.5 Å². The molecule has 5 N–H and O–H groups in total. The van der Waals surface area contributed by atoms with Crippen LogP contribution in [0.15, 0.2) is 30.5 Å². The van der Waals surface area contributed by atoms with E-state index < -0.39 is 6.04 Å². The van der Waals surface area contributed by atoms with Crippen molar-refractivity contribution >= 4 is 40.9 Å². The summed E-state index contributed by atoms with van der Waals surface area (Å²) in [5, 5.41) is 27.8. The number of anilines is 2. The molecule has 10 heteroatoms. The summed E-state index contributed by atoms with van der Waals surface area (Å²) in [4.78, 5) is 20.4. The molecule has 0 aliphatic carbocycles. The summed E-state index contributed by atoms with van der Waals surface area (Å²) in [6.07, 6.45) is 1.39. The number of hydrogen-bond acceptors (Lipinski definition) is 7. The van der Waals surface area contributed by atoms with Crippen LogP contribution in [0.25, 0.3) is 0 Å². The van der Waals surface area contributed by atoms with Crippen molar-refractivity contribution in [1.82, 2.24) is 15.3 Å². The van der Waals surface area contributed by atoms with Crippen LogP contribution >= 0.6 is 23.2 Å². The summed E-state index contributed by atoms with van der Waals surface area (Å²) in [7, 11) is 0.